The SMILES string of the molecule is CC(C)C[C@H](N[C@@H](Cc1csc(-c2ccc(F)c(Cl)c2)n1)C(=O)N=O)C(=O)O. The van der Waals surface area contributed by atoms with Crippen molar-refractivity contribution in [3.8, 4) is 10.6 Å². The lowest BCUT2D eigenvalue weighted by molar-refractivity contribution is -0.140. The van der Waals surface area contributed by atoms with Gasteiger partial charge in [-0.2, -0.15) is 0 Å². The van der Waals surface area contributed by atoms with Gasteiger partial charge in [0.15, 0.2) is 0 Å². The zero-order valence-corrected chi connectivity index (χ0v) is 16.8. The fraction of sp³-hybridized carbons (Fsp3) is 0.389. The first-order chi connectivity index (χ1) is 13.2. The van der Waals surface area contributed by atoms with E-state index in [1.807, 2.05) is 13.8 Å². The summed E-state index contributed by atoms with van der Waals surface area (Å²) in [7, 11) is 0. The molecule has 28 heavy (non-hydrogen) atoms. The van der Waals surface area contributed by atoms with Crippen molar-refractivity contribution in [1.29, 1.82) is 0 Å². The van der Waals surface area contributed by atoms with E-state index in [1.54, 1.807) is 5.38 Å². The highest BCUT2D eigenvalue weighted by Crippen LogP contribution is 2.28. The summed E-state index contributed by atoms with van der Waals surface area (Å²) in [6.45, 7) is 3.71. The first-order valence-electron chi connectivity index (χ1n) is 8.47. The molecule has 1 aromatic heterocycles. The van der Waals surface area contributed by atoms with Crippen LogP contribution < -0.4 is 5.32 Å². The number of amides is 1. The minimum absolute atomic E-state index is 0.00211. The maximum Gasteiger partial charge on any atom is 0.320 e. The Bertz CT molecular complexity index is 874. The van der Waals surface area contributed by atoms with Crippen LogP contribution in [0.25, 0.3) is 10.6 Å². The third kappa shape index (κ3) is 5.88. The minimum Gasteiger partial charge on any atom is -0.480 e. The molecule has 1 aromatic carbocycles. The monoisotopic (exact) mass is 427 g/mol. The van der Waals surface area contributed by atoms with E-state index in [-0.39, 0.29) is 23.8 Å². The Kier molecular flexibility index (Phi) is 7.73. The van der Waals surface area contributed by atoms with E-state index >= 15 is 0 Å². The molecule has 0 radical (unpaired) electrons. The number of aromatic nitrogens is 1. The third-order valence-electron chi connectivity index (χ3n) is 3.93. The Morgan fingerprint density at radius 2 is 2.07 bits per heavy atom. The molecule has 0 unspecified atom stereocenters. The van der Waals surface area contributed by atoms with Crippen molar-refractivity contribution in [3.63, 3.8) is 0 Å². The van der Waals surface area contributed by atoms with Crippen molar-refractivity contribution in [2.75, 3.05) is 0 Å². The van der Waals surface area contributed by atoms with Crippen molar-refractivity contribution in [2.24, 2.45) is 11.1 Å². The van der Waals surface area contributed by atoms with Crippen molar-refractivity contribution in [1.82, 2.24) is 10.3 Å². The van der Waals surface area contributed by atoms with Gasteiger partial charge in [0.25, 0.3) is 0 Å². The molecule has 0 bridgehead atoms. The van der Waals surface area contributed by atoms with Gasteiger partial charge in [0.05, 0.1) is 16.8 Å². The minimum atomic E-state index is -1.11. The Morgan fingerprint density at radius 3 is 2.64 bits per heavy atom. The fourth-order valence-electron chi connectivity index (χ4n) is 2.61. The van der Waals surface area contributed by atoms with Gasteiger partial charge in [0.2, 0.25) is 0 Å². The van der Waals surface area contributed by atoms with Crippen LogP contribution in [-0.4, -0.2) is 34.1 Å². The molecule has 0 fully saturated rings. The highest BCUT2D eigenvalue weighted by molar-refractivity contribution is 7.13. The topological polar surface area (TPSA) is 109 Å². The number of halogens is 2. The molecule has 2 atom stereocenters. The molecule has 0 aliphatic rings. The van der Waals surface area contributed by atoms with Crippen molar-refractivity contribution in [2.45, 2.75) is 38.8 Å². The van der Waals surface area contributed by atoms with E-state index in [1.165, 1.54) is 29.5 Å². The number of carbonyl (C=O) groups is 2. The van der Waals surface area contributed by atoms with Crippen LogP contribution in [0.5, 0.6) is 0 Å². The molecule has 0 saturated carbocycles. The van der Waals surface area contributed by atoms with Crippen LogP contribution >= 0.6 is 22.9 Å². The molecule has 0 aliphatic carbocycles. The lowest BCUT2D eigenvalue weighted by Crippen LogP contribution is -2.48. The summed E-state index contributed by atoms with van der Waals surface area (Å²) in [5.74, 6) is -2.58. The molecule has 0 spiro atoms. The second-order valence-electron chi connectivity index (χ2n) is 6.65. The van der Waals surface area contributed by atoms with Crippen LogP contribution in [0, 0.1) is 16.6 Å². The predicted molar refractivity (Wildman–Crippen MR) is 105 cm³/mol. The predicted octanol–water partition coefficient (Wildman–Crippen LogP) is 3.90. The molecular weight excluding hydrogens is 409 g/mol. The average molecular weight is 428 g/mol. The Hall–Kier alpha value is -2.23. The number of carboxylic acids is 1. The van der Waals surface area contributed by atoms with Crippen LogP contribution in [0.1, 0.15) is 26.0 Å². The summed E-state index contributed by atoms with van der Waals surface area (Å²) in [5.41, 5.74) is 1.08. The number of benzene rings is 1. The van der Waals surface area contributed by atoms with Crippen molar-refractivity contribution < 1.29 is 19.1 Å². The molecule has 1 heterocycles. The first-order valence-corrected chi connectivity index (χ1v) is 9.73. The molecule has 7 nitrogen and oxygen atoms in total. The highest BCUT2D eigenvalue weighted by Gasteiger charge is 2.28. The van der Waals surface area contributed by atoms with Gasteiger partial charge in [0.1, 0.15) is 16.9 Å². The smallest absolute Gasteiger partial charge is 0.320 e. The number of nitrogens with zero attached hydrogens (tertiary/aromatic N) is 2. The van der Waals surface area contributed by atoms with Gasteiger partial charge in [0, 0.05) is 22.5 Å². The fourth-order valence-corrected chi connectivity index (χ4v) is 3.62. The molecule has 2 rings (SSSR count). The average Bonchev–Trinajstić information content (AvgIpc) is 3.10. The van der Waals surface area contributed by atoms with Gasteiger partial charge in [-0.25, -0.2) is 9.37 Å². The van der Waals surface area contributed by atoms with Crippen molar-refractivity contribution >= 4 is 34.8 Å². The third-order valence-corrected chi connectivity index (χ3v) is 5.16. The lowest BCUT2D eigenvalue weighted by atomic mass is 10.0. The zero-order chi connectivity index (χ0) is 20.8. The maximum atomic E-state index is 13.3. The molecule has 0 saturated heterocycles. The lowest BCUT2D eigenvalue weighted by Gasteiger charge is -2.21. The number of thiazole rings is 1. The number of aliphatic carboxylic acids is 1. The van der Waals surface area contributed by atoms with E-state index in [9.17, 15) is 24.0 Å². The van der Waals surface area contributed by atoms with Gasteiger partial charge in [-0.1, -0.05) is 25.4 Å². The van der Waals surface area contributed by atoms with E-state index in [0.29, 0.717) is 16.3 Å². The zero-order valence-electron chi connectivity index (χ0n) is 15.2. The van der Waals surface area contributed by atoms with Gasteiger partial charge in [-0.3, -0.25) is 14.9 Å². The second kappa shape index (κ2) is 9.81. The standard InChI is InChI=1S/C18H19ClFN3O4S/c1-9(2)5-15(18(25)26)22-14(16(24)23-27)7-11-8-28-17(21-11)10-3-4-13(20)12(19)6-10/h3-4,6,8-9,14-15,22H,5,7H2,1-2H3,(H,25,26)/t14-,15-/m0/s1. The summed E-state index contributed by atoms with van der Waals surface area (Å²) in [6.07, 6.45) is 0.284. The van der Waals surface area contributed by atoms with Crippen LogP contribution in [0.4, 0.5) is 4.39 Å². The van der Waals surface area contributed by atoms with Gasteiger partial charge >= 0.3 is 11.9 Å². The molecular formula is C18H19ClFN3O4S. The molecule has 2 N–H and O–H groups in total. The number of rotatable bonds is 9. The second-order valence-corrected chi connectivity index (χ2v) is 7.91. The molecule has 150 valence electrons. The Labute approximate surface area is 169 Å². The number of hydrogen-bond donors (Lipinski definition) is 2. The first kappa shape index (κ1) is 22.1. The number of carbonyl (C=O) groups excluding carboxylic acids is 1. The van der Waals surface area contributed by atoms with E-state index < -0.39 is 29.8 Å². The van der Waals surface area contributed by atoms with Crippen LogP contribution in [0.2, 0.25) is 5.02 Å². The quantitative estimate of drug-likeness (QED) is 0.587. The summed E-state index contributed by atoms with van der Waals surface area (Å²) >= 11 is 7.05. The molecule has 0 aliphatic heterocycles. The summed E-state index contributed by atoms with van der Waals surface area (Å²) < 4.78 is 13.3. The van der Waals surface area contributed by atoms with Gasteiger partial charge < -0.3 is 5.11 Å². The Morgan fingerprint density at radius 1 is 1.36 bits per heavy atom. The molecule has 1 amide bonds. The maximum absolute atomic E-state index is 13.3. The Balaban J connectivity index is 2.19. The van der Waals surface area contributed by atoms with Gasteiger partial charge in [-0.05, 0) is 30.5 Å². The summed E-state index contributed by atoms with van der Waals surface area (Å²) in [4.78, 5) is 38.5. The number of carboxylic acid groups (broad SMARTS) is 1. The number of hydrogen-bond acceptors (Lipinski definition) is 6. The normalized spacial score (nSPS) is 13.3. The highest BCUT2D eigenvalue weighted by atomic mass is 35.5. The molecule has 2 aromatic rings. The van der Waals surface area contributed by atoms with Gasteiger partial charge in [-0.15, -0.1) is 16.2 Å². The van der Waals surface area contributed by atoms with Crippen molar-refractivity contribution in [3.05, 3.63) is 45.0 Å². The summed E-state index contributed by atoms with van der Waals surface area (Å²) in [5, 5.41) is 16.7. The van der Waals surface area contributed by atoms with Crippen LogP contribution in [0.15, 0.2) is 28.8 Å². The largest absolute Gasteiger partial charge is 0.480 e. The number of nitrogens with one attached hydrogen (secondary N) is 1. The molecule has 10 heteroatoms. The van der Waals surface area contributed by atoms with Crippen LogP contribution in [0.3, 0.4) is 0 Å². The van der Waals surface area contributed by atoms with E-state index in [4.69, 9.17) is 11.6 Å². The van der Waals surface area contributed by atoms with Crippen LogP contribution in [-0.2, 0) is 16.0 Å². The summed E-state index contributed by atoms with van der Waals surface area (Å²) in [6, 6.07) is 2.10. The number of nitroso groups, excluding NO2 is 1. The van der Waals surface area contributed by atoms with E-state index in [0.717, 1.165) is 0 Å². The van der Waals surface area contributed by atoms with E-state index in [2.05, 4.69) is 15.5 Å².